The van der Waals surface area contributed by atoms with Gasteiger partial charge in [0.2, 0.25) is 5.91 Å². The fraction of sp³-hybridized carbons (Fsp3) is 0.188. The van der Waals surface area contributed by atoms with E-state index in [1.165, 1.54) is 0 Å². The van der Waals surface area contributed by atoms with Crippen molar-refractivity contribution < 1.29 is 4.79 Å². The Hall–Kier alpha value is -2.13. The second-order valence-corrected chi connectivity index (χ2v) is 4.75. The van der Waals surface area contributed by atoms with Crippen molar-refractivity contribution in [3.05, 3.63) is 65.2 Å². The zero-order chi connectivity index (χ0) is 13.8. The molecule has 3 nitrogen and oxygen atoms in total. The monoisotopic (exact) mass is 254 g/mol. The van der Waals surface area contributed by atoms with E-state index in [0.29, 0.717) is 0 Å². The van der Waals surface area contributed by atoms with Crippen LogP contribution >= 0.6 is 0 Å². The number of benzene rings is 2. The number of aryl methyl sites for hydroxylation is 2. The van der Waals surface area contributed by atoms with Crippen molar-refractivity contribution in [3.63, 3.8) is 0 Å². The number of anilines is 1. The minimum absolute atomic E-state index is 0.198. The predicted molar refractivity (Wildman–Crippen MR) is 77.9 cm³/mol. The van der Waals surface area contributed by atoms with Gasteiger partial charge in [0.1, 0.15) is 6.04 Å². The lowest BCUT2D eigenvalue weighted by atomic mass is 10.1. The number of carbonyl (C=O) groups is 1. The van der Waals surface area contributed by atoms with E-state index in [-0.39, 0.29) is 5.91 Å². The van der Waals surface area contributed by atoms with E-state index < -0.39 is 6.04 Å². The largest absolute Gasteiger partial charge is 0.324 e. The molecule has 3 heteroatoms. The van der Waals surface area contributed by atoms with Gasteiger partial charge in [-0.25, -0.2) is 0 Å². The molecule has 0 bridgehead atoms. The summed E-state index contributed by atoms with van der Waals surface area (Å²) < 4.78 is 0. The Kier molecular flexibility index (Phi) is 3.97. The number of rotatable bonds is 3. The highest BCUT2D eigenvalue weighted by Gasteiger charge is 2.15. The maximum Gasteiger partial charge on any atom is 0.245 e. The molecule has 0 aromatic heterocycles. The van der Waals surface area contributed by atoms with E-state index in [1.54, 1.807) is 0 Å². The topological polar surface area (TPSA) is 55.1 Å². The normalized spacial score (nSPS) is 11.9. The van der Waals surface area contributed by atoms with Gasteiger partial charge in [0, 0.05) is 5.69 Å². The molecule has 0 fully saturated rings. The van der Waals surface area contributed by atoms with Crippen molar-refractivity contribution in [2.24, 2.45) is 5.73 Å². The summed E-state index contributed by atoms with van der Waals surface area (Å²) in [5.74, 6) is -0.198. The van der Waals surface area contributed by atoms with Crippen LogP contribution in [0.3, 0.4) is 0 Å². The van der Waals surface area contributed by atoms with Gasteiger partial charge in [-0.15, -0.1) is 0 Å². The number of carbonyl (C=O) groups excluding carboxylic acids is 1. The number of amides is 1. The molecule has 98 valence electrons. The Labute approximate surface area is 113 Å². The van der Waals surface area contributed by atoms with Gasteiger partial charge >= 0.3 is 0 Å². The summed E-state index contributed by atoms with van der Waals surface area (Å²) in [6.45, 7) is 4.00. The third-order valence-corrected chi connectivity index (χ3v) is 2.93. The smallest absolute Gasteiger partial charge is 0.245 e. The maximum atomic E-state index is 12.1. The average Bonchev–Trinajstić information content (AvgIpc) is 2.37. The quantitative estimate of drug-likeness (QED) is 0.884. The summed E-state index contributed by atoms with van der Waals surface area (Å²) >= 11 is 0. The Balaban J connectivity index is 2.13. The zero-order valence-electron chi connectivity index (χ0n) is 11.2. The van der Waals surface area contributed by atoms with Crippen LogP contribution in [0.15, 0.2) is 48.5 Å². The second-order valence-electron chi connectivity index (χ2n) is 4.75. The zero-order valence-corrected chi connectivity index (χ0v) is 11.2. The van der Waals surface area contributed by atoms with E-state index >= 15 is 0 Å². The first-order valence-electron chi connectivity index (χ1n) is 6.26. The first kappa shape index (κ1) is 13.3. The van der Waals surface area contributed by atoms with Crippen LogP contribution in [-0.2, 0) is 4.79 Å². The summed E-state index contributed by atoms with van der Waals surface area (Å²) in [5, 5.41) is 2.86. The van der Waals surface area contributed by atoms with Gasteiger partial charge in [-0.1, -0.05) is 36.4 Å². The van der Waals surface area contributed by atoms with Gasteiger partial charge in [0.25, 0.3) is 0 Å². The van der Waals surface area contributed by atoms with Crippen LogP contribution in [-0.4, -0.2) is 5.91 Å². The van der Waals surface area contributed by atoms with E-state index in [1.807, 2.05) is 56.3 Å². The summed E-state index contributed by atoms with van der Waals surface area (Å²) in [5.41, 5.74) is 9.77. The van der Waals surface area contributed by atoms with Crippen molar-refractivity contribution in [3.8, 4) is 0 Å². The highest BCUT2D eigenvalue weighted by Crippen LogP contribution is 2.16. The van der Waals surface area contributed by atoms with Gasteiger partial charge < -0.3 is 11.1 Å². The molecule has 2 aromatic rings. The molecule has 0 spiro atoms. The highest BCUT2D eigenvalue weighted by atomic mass is 16.2. The SMILES string of the molecule is Cc1cc(C)cc(NC(=O)[C@H](N)c2ccccc2)c1. The first-order chi connectivity index (χ1) is 9.06. The fourth-order valence-corrected chi connectivity index (χ4v) is 2.08. The van der Waals surface area contributed by atoms with E-state index in [4.69, 9.17) is 5.73 Å². The van der Waals surface area contributed by atoms with Crippen molar-refractivity contribution in [1.29, 1.82) is 0 Å². The molecular formula is C16H18N2O. The van der Waals surface area contributed by atoms with Crippen LogP contribution in [0.5, 0.6) is 0 Å². The molecule has 0 heterocycles. The Morgan fingerprint density at radius 1 is 1.05 bits per heavy atom. The Bertz CT molecular complexity index is 558. The van der Waals surface area contributed by atoms with Crippen LogP contribution in [0.25, 0.3) is 0 Å². The molecule has 0 radical (unpaired) electrons. The minimum atomic E-state index is -0.651. The lowest BCUT2D eigenvalue weighted by Gasteiger charge is -2.13. The fourth-order valence-electron chi connectivity index (χ4n) is 2.08. The van der Waals surface area contributed by atoms with Crippen LogP contribution in [0.2, 0.25) is 0 Å². The molecule has 0 saturated heterocycles. The molecule has 1 amide bonds. The third kappa shape index (κ3) is 3.42. The molecule has 0 aliphatic carbocycles. The first-order valence-corrected chi connectivity index (χ1v) is 6.26. The van der Waals surface area contributed by atoms with Gasteiger partial charge in [-0.05, 0) is 42.7 Å². The maximum absolute atomic E-state index is 12.1. The van der Waals surface area contributed by atoms with Crippen molar-refractivity contribution in [2.75, 3.05) is 5.32 Å². The third-order valence-electron chi connectivity index (χ3n) is 2.93. The number of nitrogens with two attached hydrogens (primary N) is 1. The molecule has 0 unspecified atom stereocenters. The molecule has 0 aliphatic heterocycles. The van der Waals surface area contributed by atoms with E-state index in [2.05, 4.69) is 11.4 Å². The predicted octanol–water partition coefficient (Wildman–Crippen LogP) is 2.94. The lowest BCUT2D eigenvalue weighted by Crippen LogP contribution is -2.27. The molecule has 3 N–H and O–H groups in total. The van der Waals surface area contributed by atoms with Crippen LogP contribution in [0.4, 0.5) is 5.69 Å². The molecule has 2 rings (SSSR count). The number of hydrogen-bond acceptors (Lipinski definition) is 2. The van der Waals surface area contributed by atoms with Gasteiger partial charge in [0.05, 0.1) is 0 Å². The molecule has 0 aliphatic rings. The molecule has 2 aromatic carbocycles. The molecule has 19 heavy (non-hydrogen) atoms. The number of nitrogens with one attached hydrogen (secondary N) is 1. The molecular weight excluding hydrogens is 236 g/mol. The Morgan fingerprint density at radius 2 is 1.63 bits per heavy atom. The minimum Gasteiger partial charge on any atom is -0.324 e. The average molecular weight is 254 g/mol. The number of hydrogen-bond donors (Lipinski definition) is 2. The van der Waals surface area contributed by atoms with E-state index in [9.17, 15) is 4.79 Å². The standard InChI is InChI=1S/C16H18N2O/c1-11-8-12(2)10-14(9-11)18-16(19)15(17)13-6-4-3-5-7-13/h3-10,15H,17H2,1-2H3,(H,18,19)/t15-/m1/s1. The highest BCUT2D eigenvalue weighted by molar-refractivity contribution is 5.95. The van der Waals surface area contributed by atoms with Crippen LogP contribution < -0.4 is 11.1 Å². The summed E-state index contributed by atoms with van der Waals surface area (Å²) in [6, 6.07) is 14.6. The molecule has 1 atom stereocenters. The second kappa shape index (κ2) is 5.67. The molecule has 0 saturated carbocycles. The van der Waals surface area contributed by atoms with Crippen LogP contribution in [0.1, 0.15) is 22.7 Å². The summed E-state index contributed by atoms with van der Waals surface area (Å²) in [4.78, 5) is 12.1. The summed E-state index contributed by atoms with van der Waals surface area (Å²) in [7, 11) is 0. The van der Waals surface area contributed by atoms with Crippen molar-refractivity contribution in [1.82, 2.24) is 0 Å². The van der Waals surface area contributed by atoms with Crippen molar-refractivity contribution >= 4 is 11.6 Å². The Morgan fingerprint density at radius 3 is 2.21 bits per heavy atom. The van der Waals surface area contributed by atoms with Gasteiger partial charge in [-0.3, -0.25) is 4.79 Å². The van der Waals surface area contributed by atoms with Crippen molar-refractivity contribution in [2.45, 2.75) is 19.9 Å². The van der Waals surface area contributed by atoms with E-state index in [0.717, 1.165) is 22.4 Å². The summed E-state index contributed by atoms with van der Waals surface area (Å²) in [6.07, 6.45) is 0. The van der Waals surface area contributed by atoms with Gasteiger partial charge in [0.15, 0.2) is 0 Å². The van der Waals surface area contributed by atoms with Crippen LogP contribution in [0, 0.1) is 13.8 Å². The lowest BCUT2D eigenvalue weighted by molar-refractivity contribution is -0.117. The van der Waals surface area contributed by atoms with Gasteiger partial charge in [-0.2, -0.15) is 0 Å².